The van der Waals surface area contributed by atoms with E-state index in [0.29, 0.717) is 13.0 Å². The van der Waals surface area contributed by atoms with Gasteiger partial charge in [0.15, 0.2) is 0 Å². The van der Waals surface area contributed by atoms with Gasteiger partial charge >= 0.3 is 12.0 Å². The molecule has 0 bridgehead atoms. The van der Waals surface area contributed by atoms with Crippen LogP contribution in [0.4, 0.5) is 4.79 Å². The summed E-state index contributed by atoms with van der Waals surface area (Å²) >= 11 is 0. The van der Waals surface area contributed by atoms with Crippen molar-refractivity contribution in [2.24, 2.45) is 7.05 Å². The molecule has 0 saturated carbocycles. The van der Waals surface area contributed by atoms with Crippen LogP contribution in [0.2, 0.25) is 0 Å². The van der Waals surface area contributed by atoms with Gasteiger partial charge in [0.05, 0.1) is 0 Å². The van der Waals surface area contributed by atoms with Gasteiger partial charge < -0.3 is 25.0 Å². The van der Waals surface area contributed by atoms with Crippen molar-refractivity contribution in [1.82, 2.24) is 20.2 Å². The number of nitrogens with one attached hydrogen (secondary N) is 2. The molecule has 2 amide bonds. The van der Waals surface area contributed by atoms with Crippen LogP contribution in [-0.2, 0) is 23.0 Å². The smallest absolute Gasteiger partial charge is 0.326 e. The van der Waals surface area contributed by atoms with Gasteiger partial charge in [-0.3, -0.25) is 0 Å². The highest BCUT2D eigenvalue weighted by Crippen LogP contribution is 1.95. The molecule has 0 fully saturated rings. The Bertz CT molecular complexity index is 446. The van der Waals surface area contributed by atoms with Crippen LogP contribution in [-0.4, -0.2) is 53.0 Å². The minimum Gasteiger partial charge on any atom is -0.480 e. The van der Waals surface area contributed by atoms with E-state index in [1.165, 1.54) is 7.11 Å². The third-order valence-corrected chi connectivity index (χ3v) is 2.77. The molecule has 3 N–H and O–H groups in total. The van der Waals surface area contributed by atoms with Gasteiger partial charge in [-0.25, -0.2) is 14.6 Å². The summed E-state index contributed by atoms with van der Waals surface area (Å²) in [6.45, 7) is 0.651. The molecule has 0 spiro atoms. The second-order valence-electron chi connectivity index (χ2n) is 4.28. The number of hydrogen-bond acceptors (Lipinski definition) is 4. The summed E-state index contributed by atoms with van der Waals surface area (Å²) in [5, 5.41) is 13.9. The Kier molecular flexibility index (Phi) is 6.51. The van der Waals surface area contributed by atoms with Crippen LogP contribution in [0.5, 0.6) is 0 Å². The molecular formula is C12H20N4O4. The number of carbonyl (C=O) groups excluding carboxylic acids is 1. The third kappa shape index (κ3) is 5.27. The van der Waals surface area contributed by atoms with E-state index in [-0.39, 0.29) is 13.0 Å². The zero-order valence-electron chi connectivity index (χ0n) is 11.6. The molecule has 112 valence electrons. The first-order valence-corrected chi connectivity index (χ1v) is 6.27. The standard InChI is InChI=1S/C12H20N4O4/c1-16-7-6-13-10(16)3-5-14-12(19)15-9(11(17)18)4-8-20-2/h6-7,9H,3-5,8H2,1-2H3,(H,17,18)(H2,14,15,19). The Labute approximate surface area is 117 Å². The first-order valence-electron chi connectivity index (χ1n) is 6.27. The second kappa shape index (κ2) is 8.16. The SMILES string of the molecule is COCCC(NC(=O)NCCc1nccn1C)C(=O)O. The Morgan fingerprint density at radius 3 is 2.85 bits per heavy atom. The number of aromatic nitrogens is 2. The summed E-state index contributed by atoms with van der Waals surface area (Å²) in [7, 11) is 3.35. The number of aryl methyl sites for hydroxylation is 1. The van der Waals surface area contributed by atoms with Crippen LogP contribution < -0.4 is 10.6 Å². The van der Waals surface area contributed by atoms with Gasteiger partial charge in [0.2, 0.25) is 0 Å². The molecule has 1 rings (SSSR count). The van der Waals surface area contributed by atoms with Gasteiger partial charge in [0.1, 0.15) is 11.9 Å². The molecule has 1 aromatic rings. The summed E-state index contributed by atoms with van der Waals surface area (Å²) in [5.41, 5.74) is 0. The Balaban J connectivity index is 2.31. The Hall–Kier alpha value is -2.09. The minimum absolute atomic E-state index is 0.221. The van der Waals surface area contributed by atoms with Crippen LogP contribution in [0.25, 0.3) is 0 Å². The largest absolute Gasteiger partial charge is 0.480 e. The topological polar surface area (TPSA) is 105 Å². The van der Waals surface area contributed by atoms with Crippen LogP contribution in [0.15, 0.2) is 12.4 Å². The summed E-state index contributed by atoms with van der Waals surface area (Å²) in [5.74, 6) is -0.235. The van der Waals surface area contributed by atoms with Crippen molar-refractivity contribution in [3.05, 3.63) is 18.2 Å². The molecule has 0 saturated heterocycles. The molecule has 0 aliphatic heterocycles. The van der Waals surface area contributed by atoms with Crippen LogP contribution in [0.1, 0.15) is 12.2 Å². The van der Waals surface area contributed by atoms with Gasteiger partial charge in [-0.15, -0.1) is 0 Å². The van der Waals surface area contributed by atoms with Crippen molar-refractivity contribution in [1.29, 1.82) is 0 Å². The third-order valence-electron chi connectivity index (χ3n) is 2.77. The van der Waals surface area contributed by atoms with E-state index in [0.717, 1.165) is 5.82 Å². The molecule has 20 heavy (non-hydrogen) atoms. The fourth-order valence-corrected chi connectivity index (χ4v) is 1.63. The van der Waals surface area contributed by atoms with Crippen molar-refractivity contribution in [3.63, 3.8) is 0 Å². The molecule has 1 unspecified atom stereocenters. The predicted molar refractivity (Wildman–Crippen MR) is 71.4 cm³/mol. The Morgan fingerprint density at radius 1 is 1.55 bits per heavy atom. The van der Waals surface area contributed by atoms with Crippen LogP contribution >= 0.6 is 0 Å². The van der Waals surface area contributed by atoms with Crippen LogP contribution in [0, 0.1) is 0 Å². The number of imidazole rings is 1. The van der Waals surface area contributed by atoms with E-state index in [9.17, 15) is 9.59 Å². The summed E-state index contributed by atoms with van der Waals surface area (Å²) in [6, 6.07) is -1.47. The van der Waals surface area contributed by atoms with E-state index in [1.54, 1.807) is 6.20 Å². The number of carboxylic acid groups (broad SMARTS) is 1. The lowest BCUT2D eigenvalue weighted by Gasteiger charge is -2.14. The second-order valence-corrected chi connectivity index (χ2v) is 4.28. The maximum Gasteiger partial charge on any atom is 0.326 e. The number of carboxylic acids is 1. The van der Waals surface area contributed by atoms with Gasteiger partial charge in [0, 0.05) is 52.5 Å². The van der Waals surface area contributed by atoms with E-state index < -0.39 is 18.0 Å². The zero-order valence-corrected chi connectivity index (χ0v) is 11.6. The lowest BCUT2D eigenvalue weighted by atomic mass is 10.2. The molecule has 8 nitrogen and oxygen atoms in total. The first-order chi connectivity index (χ1) is 9.54. The first kappa shape index (κ1) is 16.0. The normalized spacial score (nSPS) is 11.9. The quantitative estimate of drug-likeness (QED) is 0.610. The highest BCUT2D eigenvalue weighted by molar-refractivity contribution is 5.82. The van der Waals surface area contributed by atoms with Crippen molar-refractivity contribution in [3.8, 4) is 0 Å². The molecule has 0 aliphatic rings. The average molecular weight is 284 g/mol. The number of amides is 2. The molecular weight excluding hydrogens is 264 g/mol. The van der Waals surface area contributed by atoms with E-state index >= 15 is 0 Å². The van der Waals surface area contributed by atoms with Crippen molar-refractivity contribution >= 4 is 12.0 Å². The number of urea groups is 1. The maximum absolute atomic E-state index is 11.6. The fourth-order valence-electron chi connectivity index (χ4n) is 1.63. The predicted octanol–water partition coefficient (Wildman–Crippen LogP) is -0.248. The van der Waals surface area contributed by atoms with Gasteiger partial charge in [-0.05, 0) is 0 Å². The Morgan fingerprint density at radius 2 is 2.30 bits per heavy atom. The molecule has 0 aliphatic carbocycles. The lowest BCUT2D eigenvalue weighted by Crippen LogP contribution is -2.47. The van der Waals surface area contributed by atoms with Crippen molar-refractivity contribution in [2.45, 2.75) is 18.9 Å². The zero-order chi connectivity index (χ0) is 15.0. The minimum atomic E-state index is -1.08. The average Bonchev–Trinajstić information content (AvgIpc) is 2.80. The number of ether oxygens (including phenoxy) is 1. The maximum atomic E-state index is 11.6. The molecule has 0 aromatic carbocycles. The molecule has 1 atom stereocenters. The van der Waals surface area contributed by atoms with Crippen molar-refractivity contribution in [2.75, 3.05) is 20.3 Å². The van der Waals surface area contributed by atoms with E-state index in [1.807, 2.05) is 17.8 Å². The number of aliphatic carboxylic acids is 1. The van der Waals surface area contributed by atoms with Gasteiger partial charge in [-0.2, -0.15) is 0 Å². The lowest BCUT2D eigenvalue weighted by molar-refractivity contribution is -0.139. The van der Waals surface area contributed by atoms with Crippen LogP contribution in [0.3, 0.4) is 0 Å². The number of nitrogens with zero attached hydrogens (tertiary/aromatic N) is 2. The number of methoxy groups -OCH3 is 1. The van der Waals surface area contributed by atoms with Crippen molar-refractivity contribution < 1.29 is 19.4 Å². The van der Waals surface area contributed by atoms with E-state index in [4.69, 9.17) is 9.84 Å². The molecule has 0 radical (unpaired) electrons. The van der Waals surface area contributed by atoms with Gasteiger partial charge in [0.25, 0.3) is 0 Å². The molecule has 1 aromatic heterocycles. The summed E-state index contributed by atoms with van der Waals surface area (Å²) < 4.78 is 6.66. The van der Waals surface area contributed by atoms with Gasteiger partial charge in [-0.1, -0.05) is 0 Å². The molecule has 1 heterocycles. The number of hydrogen-bond donors (Lipinski definition) is 3. The van der Waals surface area contributed by atoms with E-state index in [2.05, 4.69) is 15.6 Å². The summed E-state index contributed by atoms with van der Waals surface area (Å²) in [4.78, 5) is 26.6. The fraction of sp³-hybridized carbons (Fsp3) is 0.583. The highest BCUT2D eigenvalue weighted by atomic mass is 16.5. The number of rotatable bonds is 8. The molecule has 8 heteroatoms. The monoisotopic (exact) mass is 284 g/mol. The summed E-state index contributed by atoms with van der Waals surface area (Å²) in [6.07, 6.45) is 4.30. The highest BCUT2D eigenvalue weighted by Gasteiger charge is 2.19. The number of carbonyl (C=O) groups is 2.